The van der Waals surface area contributed by atoms with Crippen LogP contribution < -0.4 is 14.8 Å². The Labute approximate surface area is 212 Å². The molecule has 1 amide bonds. The molecule has 1 N–H and O–H groups in total. The number of methoxy groups -OCH3 is 1. The number of carbonyl (C=O) groups is 2. The summed E-state index contributed by atoms with van der Waals surface area (Å²) in [7, 11) is 1.59. The lowest BCUT2D eigenvalue weighted by atomic mass is 9.98. The van der Waals surface area contributed by atoms with Gasteiger partial charge in [-0.2, -0.15) is 4.52 Å². The number of nitrogens with zero attached hydrogens (tertiary/aromatic N) is 4. The number of carbonyl (C=O) groups excluding carboxylic acids is 2. The minimum Gasteiger partial charge on any atom is -0.496 e. The molecule has 2 aromatic heterocycles. The number of fused-ring (bicyclic) bond motifs is 1. The first-order chi connectivity index (χ1) is 18.2. The van der Waals surface area contributed by atoms with Crippen LogP contribution in [0, 0.1) is 0 Å². The molecule has 0 saturated carbocycles. The summed E-state index contributed by atoms with van der Waals surface area (Å²) >= 11 is 0. The molecule has 0 aliphatic rings. The fraction of sp³-hybridized carbons (Fsp3) is 0.107. The van der Waals surface area contributed by atoms with Crippen LogP contribution in [0.25, 0.3) is 17.0 Å². The van der Waals surface area contributed by atoms with Gasteiger partial charge in [-0.3, -0.25) is 9.59 Å². The highest BCUT2D eigenvalue weighted by molar-refractivity contribution is 6.15. The zero-order valence-corrected chi connectivity index (χ0v) is 20.0. The molecule has 3 aromatic carbocycles. The van der Waals surface area contributed by atoms with Crippen LogP contribution in [0.5, 0.6) is 11.6 Å². The topological polar surface area (TPSA) is 108 Å². The second-order valence-electron chi connectivity index (χ2n) is 8.01. The highest BCUT2D eigenvalue weighted by atomic mass is 16.5. The van der Waals surface area contributed by atoms with E-state index in [9.17, 15) is 9.59 Å². The zero-order valence-electron chi connectivity index (χ0n) is 20.0. The van der Waals surface area contributed by atoms with Crippen LogP contribution in [0.3, 0.4) is 0 Å². The van der Waals surface area contributed by atoms with E-state index in [-0.39, 0.29) is 24.8 Å². The Balaban J connectivity index is 1.25. The van der Waals surface area contributed by atoms with Gasteiger partial charge in [-0.15, -0.1) is 15.3 Å². The van der Waals surface area contributed by atoms with E-state index in [2.05, 4.69) is 20.6 Å². The molecule has 37 heavy (non-hydrogen) atoms. The van der Waals surface area contributed by atoms with Gasteiger partial charge in [-0.05, 0) is 24.3 Å². The molecule has 5 aromatic rings. The standard InChI is InChI=1S/C28H23N5O4/c1-36-23-14-8-7-13-22(23)27-31-30-24-15-16-25(32-33(24)27)37-18-17-29-28(35)21-12-6-5-11-20(21)26(34)19-9-3-2-4-10-19/h2-16H,17-18H2,1H3,(H,29,35). The van der Waals surface area contributed by atoms with E-state index in [1.807, 2.05) is 30.3 Å². The van der Waals surface area contributed by atoms with Gasteiger partial charge in [0.2, 0.25) is 5.88 Å². The van der Waals surface area contributed by atoms with Crippen molar-refractivity contribution in [2.75, 3.05) is 20.3 Å². The van der Waals surface area contributed by atoms with E-state index in [1.54, 1.807) is 72.3 Å². The second-order valence-corrected chi connectivity index (χ2v) is 8.01. The molecular formula is C28H23N5O4. The molecule has 2 heterocycles. The van der Waals surface area contributed by atoms with Gasteiger partial charge in [0.1, 0.15) is 12.4 Å². The number of hydrogen-bond acceptors (Lipinski definition) is 7. The Morgan fingerprint density at radius 2 is 1.57 bits per heavy atom. The molecule has 0 fully saturated rings. The van der Waals surface area contributed by atoms with Crippen molar-refractivity contribution in [2.24, 2.45) is 0 Å². The first-order valence-electron chi connectivity index (χ1n) is 11.6. The Kier molecular flexibility index (Phi) is 6.84. The normalized spacial score (nSPS) is 10.7. The van der Waals surface area contributed by atoms with Crippen molar-refractivity contribution < 1.29 is 19.1 Å². The maximum Gasteiger partial charge on any atom is 0.252 e. The average Bonchev–Trinajstić information content (AvgIpc) is 3.38. The van der Waals surface area contributed by atoms with Gasteiger partial charge in [0.15, 0.2) is 17.3 Å². The summed E-state index contributed by atoms with van der Waals surface area (Å²) < 4.78 is 12.8. The first kappa shape index (κ1) is 23.7. The summed E-state index contributed by atoms with van der Waals surface area (Å²) in [4.78, 5) is 25.8. The van der Waals surface area contributed by atoms with Crippen LogP contribution in [0.15, 0.2) is 91.0 Å². The predicted molar refractivity (Wildman–Crippen MR) is 137 cm³/mol. The Morgan fingerprint density at radius 3 is 2.38 bits per heavy atom. The summed E-state index contributed by atoms with van der Waals surface area (Å²) in [5.41, 5.74) is 2.48. The van der Waals surface area contributed by atoms with Crippen LogP contribution in [0.2, 0.25) is 0 Å². The number of hydrogen-bond donors (Lipinski definition) is 1. The fourth-order valence-electron chi connectivity index (χ4n) is 3.89. The monoisotopic (exact) mass is 493 g/mol. The molecule has 0 bridgehead atoms. The number of nitrogens with one attached hydrogen (secondary N) is 1. The molecule has 0 spiro atoms. The number of ether oxygens (including phenoxy) is 2. The lowest BCUT2D eigenvalue weighted by molar-refractivity contribution is 0.0936. The highest BCUT2D eigenvalue weighted by Gasteiger charge is 2.18. The number of para-hydroxylation sites is 1. The van der Waals surface area contributed by atoms with Gasteiger partial charge in [-0.25, -0.2) is 0 Å². The summed E-state index contributed by atoms with van der Waals surface area (Å²) in [5.74, 6) is 0.950. The van der Waals surface area contributed by atoms with Crippen LogP contribution in [0.4, 0.5) is 0 Å². The Hall–Kier alpha value is -5.05. The summed E-state index contributed by atoms with van der Waals surface area (Å²) in [6.45, 7) is 0.388. The van der Waals surface area contributed by atoms with Gasteiger partial charge in [0.25, 0.3) is 5.91 Å². The largest absolute Gasteiger partial charge is 0.496 e. The van der Waals surface area contributed by atoms with Crippen molar-refractivity contribution in [1.29, 1.82) is 0 Å². The van der Waals surface area contributed by atoms with E-state index in [0.29, 0.717) is 39.8 Å². The molecule has 184 valence electrons. The third-order valence-corrected chi connectivity index (χ3v) is 5.68. The molecule has 0 unspecified atom stereocenters. The molecule has 0 saturated heterocycles. The van der Waals surface area contributed by atoms with Gasteiger partial charge in [0, 0.05) is 17.2 Å². The van der Waals surface area contributed by atoms with Crippen molar-refractivity contribution in [3.63, 3.8) is 0 Å². The Bertz CT molecular complexity index is 1570. The molecular weight excluding hydrogens is 470 g/mol. The third kappa shape index (κ3) is 5.01. The maximum atomic E-state index is 12.9. The first-order valence-corrected chi connectivity index (χ1v) is 11.6. The van der Waals surface area contributed by atoms with Crippen LogP contribution >= 0.6 is 0 Å². The number of aromatic nitrogens is 4. The van der Waals surface area contributed by atoms with Gasteiger partial charge in [-0.1, -0.05) is 60.7 Å². The second kappa shape index (κ2) is 10.7. The highest BCUT2D eigenvalue weighted by Crippen LogP contribution is 2.28. The zero-order chi connectivity index (χ0) is 25.6. The maximum absolute atomic E-state index is 12.9. The van der Waals surface area contributed by atoms with Gasteiger partial charge < -0.3 is 14.8 Å². The van der Waals surface area contributed by atoms with Crippen molar-refractivity contribution in [2.45, 2.75) is 0 Å². The van der Waals surface area contributed by atoms with Crippen molar-refractivity contribution in [1.82, 2.24) is 25.1 Å². The average molecular weight is 494 g/mol. The lowest BCUT2D eigenvalue weighted by Gasteiger charge is -2.11. The molecule has 0 aliphatic carbocycles. The predicted octanol–water partition coefficient (Wildman–Crippen LogP) is 3.84. The van der Waals surface area contributed by atoms with Crippen LogP contribution in [-0.4, -0.2) is 51.8 Å². The van der Waals surface area contributed by atoms with E-state index in [0.717, 1.165) is 5.56 Å². The van der Waals surface area contributed by atoms with Crippen LogP contribution in [0.1, 0.15) is 26.3 Å². The smallest absolute Gasteiger partial charge is 0.252 e. The molecule has 9 heteroatoms. The number of benzene rings is 3. The SMILES string of the molecule is COc1ccccc1-c1nnc2ccc(OCCNC(=O)c3ccccc3C(=O)c3ccccc3)nn12. The van der Waals surface area contributed by atoms with Crippen LogP contribution in [-0.2, 0) is 0 Å². The van der Waals surface area contributed by atoms with E-state index >= 15 is 0 Å². The summed E-state index contributed by atoms with van der Waals surface area (Å²) in [6, 6.07) is 26.5. The minimum atomic E-state index is -0.357. The summed E-state index contributed by atoms with van der Waals surface area (Å²) in [5, 5.41) is 15.7. The molecule has 9 nitrogen and oxygen atoms in total. The molecule has 0 aliphatic heterocycles. The number of ketones is 1. The molecule has 5 rings (SSSR count). The van der Waals surface area contributed by atoms with E-state index in [1.165, 1.54) is 0 Å². The van der Waals surface area contributed by atoms with Crippen molar-refractivity contribution in [3.8, 4) is 23.0 Å². The van der Waals surface area contributed by atoms with E-state index in [4.69, 9.17) is 9.47 Å². The number of rotatable bonds is 9. The van der Waals surface area contributed by atoms with Gasteiger partial charge >= 0.3 is 0 Å². The van der Waals surface area contributed by atoms with Gasteiger partial charge in [0.05, 0.1) is 24.8 Å². The van der Waals surface area contributed by atoms with E-state index < -0.39 is 0 Å². The Morgan fingerprint density at radius 1 is 0.838 bits per heavy atom. The summed E-state index contributed by atoms with van der Waals surface area (Å²) in [6.07, 6.45) is 0. The molecule has 0 radical (unpaired) electrons. The third-order valence-electron chi connectivity index (χ3n) is 5.68. The van der Waals surface area contributed by atoms with Crippen molar-refractivity contribution in [3.05, 3.63) is 108 Å². The lowest BCUT2D eigenvalue weighted by Crippen LogP contribution is -2.29. The minimum absolute atomic E-state index is 0.172. The molecule has 0 atom stereocenters. The quantitative estimate of drug-likeness (QED) is 0.246. The van der Waals surface area contributed by atoms with Crippen molar-refractivity contribution >= 4 is 17.3 Å². The number of amides is 1. The fourth-order valence-corrected chi connectivity index (χ4v) is 3.89.